The third-order valence-corrected chi connectivity index (χ3v) is 3.06. The number of hydrogen-bond acceptors (Lipinski definition) is 2. The van der Waals surface area contributed by atoms with Gasteiger partial charge in [0.1, 0.15) is 15.8 Å². The van der Waals surface area contributed by atoms with Crippen LogP contribution in [-0.4, -0.2) is 22.6 Å². The molecule has 0 bridgehead atoms. The Morgan fingerprint density at radius 3 is 2.17 bits per heavy atom. The van der Waals surface area contributed by atoms with Crippen molar-refractivity contribution in [2.24, 2.45) is 0 Å². The molecule has 0 atom stereocenters. The first-order valence-electron chi connectivity index (χ1n) is 4.96. The van der Waals surface area contributed by atoms with Gasteiger partial charge in [0.15, 0.2) is 0 Å². The summed E-state index contributed by atoms with van der Waals surface area (Å²) < 4.78 is 38.0. The summed E-state index contributed by atoms with van der Waals surface area (Å²) in [5.74, 6) is -0.865. The number of alkyl halides is 3. The first kappa shape index (κ1) is 13.4. The molecule has 1 saturated carbocycles. The largest absolute Gasteiger partial charge is 0.411 e. The molecule has 1 N–H and O–H groups in total. The number of nitrogens with one attached hydrogen (secondary N) is 1. The van der Waals surface area contributed by atoms with E-state index < -0.39 is 17.6 Å². The van der Waals surface area contributed by atoms with E-state index in [1.165, 1.54) is 0 Å². The highest BCUT2D eigenvalue weighted by Crippen LogP contribution is 2.49. The van der Waals surface area contributed by atoms with E-state index in [1.807, 2.05) is 5.32 Å². The van der Waals surface area contributed by atoms with Crippen molar-refractivity contribution < 1.29 is 18.0 Å². The normalized spacial score (nSPS) is 17.4. The van der Waals surface area contributed by atoms with Gasteiger partial charge < -0.3 is 5.32 Å². The van der Waals surface area contributed by atoms with Gasteiger partial charge in [0, 0.05) is 5.56 Å². The molecule has 1 heterocycles. The van der Waals surface area contributed by atoms with Gasteiger partial charge >= 0.3 is 6.18 Å². The minimum atomic E-state index is -4.46. The van der Waals surface area contributed by atoms with Crippen molar-refractivity contribution in [1.82, 2.24) is 10.3 Å². The number of halogens is 5. The van der Waals surface area contributed by atoms with Gasteiger partial charge in [-0.05, 0) is 25.0 Å². The average Bonchev–Trinajstić information content (AvgIpc) is 2.96. The highest BCUT2D eigenvalue weighted by Gasteiger charge is 2.64. The first-order valence-corrected chi connectivity index (χ1v) is 5.71. The molecule has 1 fully saturated rings. The fourth-order valence-corrected chi connectivity index (χ4v) is 1.95. The van der Waals surface area contributed by atoms with Gasteiger partial charge in [-0.1, -0.05) is 23.2 Å². The van der Waals surface area contributed by atoms with Gasteiger partial charge in [-0.25, -0.2) is 4.98 Å². The Balaban J connectivity index is 2.18. The minimum absolute atomic E-state index is 0.0458. The smallest absolute Gasteiger partial charge is 0.338 e. The molecule has 18 heavy (non-hydrogen) atoms. The SMILES string of the molecule is O=C(NC1(C(F)(F)F)CC1)c1cc(Cl)nc(Cl)c1. The molecule has 1 aromatic heterocycles. The summed E-state index contributed by atoms with van der Waals surface area (Å²) in [6.07, 6.45) is -4.69. The predicted molar refractivity (Wildman–Crippen MR) is 59.7 cm³/mol. The van der Waals surface area contributed by atoms with Crippen molar-refractivity contribution in [3.8, 4) is 0 Å². The molecule has 0 saturated heterocycles. The molecule has 8 heteroatoms. The third kappa shape index (κ3) is 2.54. The molecule has 0 aliphatic heterocycles. The lowest BCUT2D eigenvalue weighted by molar-refractivity contribution is -0.163. The van der Waals surface area contributed by atoms with Crippen LogP contribution in [-0.2, 0) is 0 Å². The molecule has 3 nitrogen and oxygen atoms in total. The number of hydrogen-bond donors (Lipinski definition) is 1. The number of rotatable bonds is 2. The molecule has 1 aromatic rings. The second kappa shape index (κ2) is 4.28. The van der Waals surface area contributed by atoms with Crippen LogP contribution in [0.15, 0.2) is 12.1 Å². The van der Waals surface area contributed by atoms with Crippen molar-refractivity contribution >= 4 is 29.1 Å². The maximum absolute atomic E-state index is 12.7. The second-order valence-corrected chi connectivity index (χ2v) is 4.81. The van der Waals surface area contributed by atoms with Crippen LogP contribution in [0.25, 0.3) is 0 Å². The van der Waals surface area contributed by atoms with Crippen LogP contribution in [0, 0.1) is 0 Å². The summed E-state index contributed by atoms with van der Waals surface area (Å²) in [6.45, 7) is 0. The molecule has 1 aliphatic rings. The summed E-state index contributed by atoms with van der Waals surface area (Å²) in [5, 5.41) is 1.87. The van der Waals surface area contributed by atoms with Gasteiger partial charge in [0.2, 0.25) is 0 Å². The molecule has 1 amide bonds. The van der Waals surface area contributed by atoms with E-state index in [4.69, 9.17) is 23.2 Å². The molecule has 0 radical (unpaired) electrons. The summed E-state index contributed by atoms with van der Waals surface area (Å²) in [6, 6.07) is 2.32. The molecule has 1 aliphatic carbocycles. The third-order valence-electron chi connectivity index (χ3n) is 2.67. The standard InChI is InChI=1S/C10H7Cl2F3N2O/c11-6-3-5(4-7(12)16-6)8(18)17-9(1-2-9)10(13,14)15/h3-4H,1-2H2,(H,17,18). The number of aromatic nitrogens is 1. The summed E-state index contributed by atoms with van der Waals surface area (Å²) in [7, 11) is 0. The molecule has 0 aromatic carbocycles. The zero-order chi connectivity index (χ0) is 13.6. The van der Waals surface area contributed by atoms with Crippen molar-refractivity contribution in [1.29, 1.82) is 0 Å². The highest BCUT2D eigenvalue weighted by atomic mass is 35.5. The van der Waals surface area contributed by atoms with Gasteiger partial charge in [-0.3, -0.25) is 4.79 Å². The van der Waals surface area contributed by atoms with Crippen molar-refractivity contribution in [3.63, 3.8) is 0 Å². The van der Waals surface area contributed by atoms with E-state index >= 15 is 0 Å². The van der Waals surface area contributed by atoms with E-state index in [0.717, 1.165) is 12.1 Å². The number of carbonyl (C=O) groups excluding carboxylic acids is 1. The highest BCUT2D eigenvalue weighted by molar-refractivity contribution is 6.33. The van der Waals surface area contributed by atoms with Crippen LogP contribution < -0.4 is 5.32 Å². The van der Waals surface area contributed by atoms with Crippen LogP contribution in [0.2, 0.25) is 10.3 Å². The molecule has 98 valence electrons. The maximum Gasteiger partial charge on any atom is 0.411 e. The molecule has 2 rings (SSSR count). The number of nitrogens with zero attached hydrogens (tertiary/aromatic N) is 1. The van der Waals surface area contributed by atoms with E-state index in [2.05, 4.69) is 4.98 Å². The fourth-order valence-electron chi connectivity index (χ4n) is 1.49. The lowest BCUT2D eigenvalue weighted by Gasteiger charge is -2.20. The summed E-state index contributed by atoms with van der Waals surface area (Å²) in [5.41, 5.74) is -2.15. The number of carbonyl (C=O) groups is 1. The van der Waals surface area contributed by atoms with Crippen molar-refractivity contribution in [2.45, 2.75) is 24.6 Å². The van der Waals surface area contributed by atoms with Gasteiger partial charge in [0.25, 0.3) is 5.91 Å². The van der Waals surface area contributed by atoms with E-state index in [-0.39, 0.29) is 28.7 Å². The zero-order valence-electron chi connectivity index (χ0n) is 8.81. The van der Waals surface area contributed by atoms with Crippen LogP contribution >= 0.6 is 23.2 Å². The van der Waals surface area contributed by atoms with Crippen LogP contribution in [0.5, 0.6) is 0 Å². The monoisotopic (exact) mass is 298 g/mol. The Bertz CT molecular complexity index is 480. The Morgan fingerprint density at radius 2 is 1.78 bits per heavy atom. The van der Waals surface area contributed by atoms with Crippen LogP contribution in [0.3, 0.4) is 0 Å². The number of pyridine rings is 1. The van der Waals surface area contributed by atoms with Crippen LogP contribution in [0.1, 0.15) is 23.2 Å². The lowest BCUT2D eigenvalue weighted by Crippen LogP contribution is -2.47. The van der Waals surface area contributed by atoms with E-state index in [1.54, 1.807) is 0 Å². The van der Waals surface area contributed by atoms with Gasteiger partial charge in [-0.15, -0.1) is 0 Å². The average molecular weight is 299 g/mol. The second-order valence-electron chi connectivity index (χ2n) is 4.04. The predicted octanol–water partition coefficient (Wildman–Crippen LogP) is 3.21. The quantitative estimate of drug-likeness (QED) is 0.852. The lowest BCUT2D eigenvalue weighted by atomic mass is 10.2. The number of amides is 1. The summed E-state index contributed by atoms with van der Waals surface area (Å²) in [4.78, 5) is 15.3. The fraction of sp³-hybridized carbons (Fsp3) is 0.400. The maximum atomic E-state index is 12.7. The van der Waals surface area contributed by atoms with Gasteiger partial charge in [-0.2, -0.15) is 13.2 Å². The topological polar surface area (TPSA) is 42.0 Å². The zero-order valence-corrected chi connectivity index (χ0v) is 10.3. The van der Waals surface area contributed by atoms with E-state index in [9.17, 15) is 18.0 Å². The molecule has 0 spiro atoms. The molecular formula is C10H7Cl2F3N2O. The van der Waals surface area contributed by atoms with Crippen LogP contribution in [0.4, 0.5) is 13.2 Å². The minimum Gasteiger partial charge on any atom is -0.338 e. The van der Waals surface area contributed by atoms with Gasteiger partial charge in [0.05, 0.1) is 0 Å². The Hall–Kier alpha value is -1.01. The Morgan fingerprint density at radius 1 is 1.28 bits per heavy atom. The van der Waals surface area contributed by atoms with Crippen molar-refractivity contribution in [2.75, 3.05) is 0 Å². The summed E-state index contributed by atoms with van der Waals surface area (Å²) >= 11 is 11.1. The van der Waals surface area contributed by atoms with E-state index in [0.29, 0.717) is 0 Å². The van der Waals surface area contributed by atoms with Crippen molar-refractivity contribution in [3.05, 3.63) is 28.0 Å². The first-order chi connectivity index (χ1) is 8.23. The molecule has 0 unspecified atom stereocenters. The Labute approximate surface area is 110 Å². The Kier molecular flexibility index (Phi) is 3.19. The molecular weight excluding hydrogens is 292 g/mol.